The number of nitrogens with one attached hydrogen (secondary N) is 1. The van der Waals surface area contributed by atoms with E-state index in [1.54, 1.807) is 13.8 Å². The van der Waals surface area contributed by atoms with Crippen LogP contribution in [0.15, 0.2) is 0 Å². The normalized spacial score (nSPS) is 25.3. The molecule has 304 valence electrons. The van der Waals surface area contributed by atoms with Crippen molar-refractivity contribution in [1.82, 2.24) is 5.32 Å². The zero-order valence-electron chi connectivity index (χ0n) is 29.3. The summed E-state index contributed by atoms with van der Waals surface area (Å²) in [6.07, 6.45) is -13.2. The highest BCUT2D eigenvalue weighted by Crippen LogP contribution is 2.24. The van der Waals surface area contributed by atoms with Gasteiger partial charge in [-0.15, -0.1) is 0 Å². The van der Waals surface area contributed by atoms with Gasteiger partial charge in [0.1, 0.15) is 49.5 Å². The summed E-state index contributed by atoms with van der Waals surface area (Å²) in [6.45, 7) is -1.35. The molecule has 0 aromatic carbocycles. The van der Waals surface area contributed by atoms with E-state index in [9.17, 15) is 50.8 Å². The number of aliphatic hydroxyl groups is 10. The highest BCUT2D eigenvalue weighted by molar-refractivity contribution is 5.73. The van der Waals surface area contributed by atoms with E-state index in [0.717, 1.165) is 0 Å². The van der Waals surface area contributed by atoms with Gasteiger partial charge in [-0.2, -0.15) is 0 Å². The predicted octanol–water partition coefficient (Wildman–Crippen LogP) is -5.88. The molecule has 21 nitrogen and oxygen atoms in total. The monoisotopic (exact) mass is 753 g/mol. The summed E-state index contributed by atoms with van der Waals surface area (Å²) in [5.74, 6) is -0.958. The zero-order chi connectivity index (χ0) is 38.3. The summed E-state index contributed by atoms with van der Waals surface area (Å²) in [6, 6.07) is -0.841. The van der Waals surface area contributed by atoms with E-state index >= 15 is 0 Å². The molecular formula is C30H59NO20. The Morgan fingerprint density at radius 2 is 1.35 bits per heavy atom. The lowest BCUT2D eigenvalue weighted by atomic mass is 9.93. The van der Waals surface area contributed by atoms with Crippen LogP contribution in [0.5, 0.6) is 0 Å². The molecule has 51 heavy (non-hydrogen) atoms. The second kappa shape index (κ2) is 27.3. The first-order valence-corrected chi connectivity index (χ1v) is 16.6. The molecule has 1 aliphatic rings. The van der Waals surface area contributed by atoms with Gasteiger partial charge in [0.15, 0.2) is 18.9 Å². The summed E-state index contributed by atoms with van der Waals surface area (Å²) < 4.78 is 49.8. The van der Waals surface area contributed by atoms with Gasteiger partial charge in [0.05, 0.1) is 91.4 Å². The number of hydrogen-bond acceptors (Lipinski definition) is 20. The lowest BCUT2D eigenvalue weighted by Gasteiger charge is -2.43. The maximum Gasteiger partial charge on any atom is 0.217 e. The third kappa shape index (κ3) is 17.6. The van der Waals surface area contributed by atoms with Gasteiger partial charge in [-0.3, -0.25) is 4.79 Å². The van der Waals surface area contributed by atoms with Crippen LogP contribution < -0.4 is 5.32 Å². The molecule has 0 aromatic heterocycles. The Balaban J connectivity index is 2.91. The van der Waals surface area contributed by atoms with Crippen molar-refractivity contribution in [3.05, 3.63) is 0 Å². The molecule has 0 aromatic rings. The van der Waals surface area contributed by atoms with Crippen LogP contribution in [0.2, 0.25) is 0 Å². The number of aliphatic hydroxyl groups excluding tert-OH is 10. The van der Waals surface area contributed by atoms with Crippen LogP contribution in [0, 0.1) is 5.92 Å². The van der Waals surface area contributed by atoms with Crippen molar-refractivity contribution in [2.45, 2.75) is 94.5 Å². The quantitative estimate of drug-likeness (QED) is 0.0240. The van der Waals surface area contributed by atoms with E-state index in [0.29, 0.717) is 0 Å². The third-order valence-corrected chi connectivity index (χ3v) is 7.48. The average Bonchev–Trinajstić information content (AvgIpc) is 3.12. The van der Waals surface area contributed by atoms with E-state index in [1.165, 1.54) is 6.92 Å². The molecule has 1 rings (SSSR count). The van der Waals surface area contributed by atoms with Crippen molar-refractivity contribution in [1.29, 1.82) is 0 Å². The SMILES string of the molecule is CC(=O)NC1C(O)[C@H](OCOC(CO)CO[C@H](OCCO[C@@H](OC(CO)CO)C(O)CO)C(O)CO[C@@H](OCCO)C(C)CO)C(CO)O[C@H]1C. The van der Waals surface area contributed by atoms with E-state index in [2.05, 4.69) is 5.32 Å². The number of carbonyl (C=O) groups excluding carboxylic acids is 1. The van der Waals surface area contributed by atoms with E-state index in [-0.39, 0.29) is 33.0 Å². The molecule has 1 amide bonds. The fourth-order valence-corrected chi connectivity index (χ4v) is 4.66. The maximum atomic E-state index is 11.6. The van der Waals surface area contributed by atoms with E-state index in [4.69, 9.17) is 47.7 Å². The van der Waals surface area contributed by atoms with Crippen molar-refractivity contribution in [3.63, 3.8) is 0 Å². The minimum Gasteiger partial charge on any atom is -0.396 e. The minimum atomic E-state index is -1.54. The van der Waals surface area contributed by atoms with Crippen molar-refractivity contribution in [3.8, 4) is 0 Å². The zero-order valence-corrected chi connectivity index (χ0v) is 29.3. The van der Waals surface area contributed by atoms with E-state index < -0.39 is 139 Å². The van der Waals surface area contributed by atoms with Crippen molar-refractivity contribution >= 4 is 5.91 Å². The molecule has 0 bridgehead atoms. The molecule has 1 saturated heterocycles. The molecule has 0 radical (unpaired) electrons. The number of rotatable bonds is 30. The number of carbonyl (C=O) groups is 1. The summed E-state index contributed by atoms with van der Waals surface area (Å²) in [5, 5.41) is 100. The lowest BCUT2D eigenvalue weighted by Crippen LogP contribution is -2.64. The minimum absolute atomic E-state index is 0.108. The van der Waals surface area contributed by atoms with Crippen molar-refractivity contribution in [2.24, 2.45) is 5.92 Å². The van der Waals surface area contributed by atoms with Gasteiger partial charge in [0.2, 0.25) is 5.91 Å². The number of hydrogen-bond donors (Lipinski definition) is 11. The third-order valence-electron chi connectivity index (χ3n) is 7.48. The second-order valence-electron chi connectivity index (χ2n) is 11.7. The highest BCUT2D eigenvalue weighted by atomic mass is 16.7. The van der Waals surface area contributed by atoms with Gasteiger partial charge in [-0.05, 0) is 6.92 Å². The molecule has 1 aliphatic heterocycles. The molecular weight excluding hydrogens is 694 g/mol. The first kappa shape index (κ1) is 47.7. The summed E-state index contributed by atoms with van der Waals surface area (Å²) in [4.78, 5) is 11.6. The Kier molecular flexibility index (Phi) is 25.6. The molecule has 12 atom stereocenters. The van der Waals surface area contributed by atoms with Crippen LogP contribution in [0.25, 0.3) is 0 Å². The van der Waals surface area contributed by atoms with Crippen molar-refractivity contribution in [2.75, 3.05) is 86.1 Å². The van der Waals surface area contributed by atoms with Crippen LogP contribution in [-0.4, -0.2) is 217 Å². The molecule has 0 saturated carbocycles. The van der Waals surface area contributed by atoms with Crippen LogP contribution in [-0.2, 0) is 47.4 Å². The predicted molar refractivity (Wildman–Crippen MR) is 169 cm³/mol. The van der Waals surface area contributed by atoms with Crippen LogP contribution in [0.4, 0.5) is 0 Å². The van der Waals surface area contributed by atoms with Gasteiger partial charge in [-0.25, -0.2) is 0 Å². The first-order valence-electron chi connectivity index (χ1n) is 16.6. The van der Waals surface area contributed by atoms with Crippen LogP contribution in [0.1, 0.15) is 20.8 Å². The Morgan fingerprint density at radius 3 is 1.90 bits per heavy atom. The summed E-state index contributed by atoms with van der Waals surface area (Å²) >= 11 is 0. The largest absolute Gasteiger partial charge is 0.396 e. The Bertz CT molecular complexity index is 876. The molecule has 1 heterocycles. The molecule has 21 heteroatoms. The summed E-state index contributed by atoms with van der Waals surface area (Å²) in [7, 11) is 0. The number of ether oxygens (including phenoxy) is 9. The topological polar surface area (TPSA) is 314 Å². The van der Waals surface area contributed by atoms with E-state index in [1.807, 2.05) is 0 Å². The Labute approximate surface area is 296 Å². The molecule has 0 spiro atoms. The molecule has 7 unspecified atom stereocenters. The van der Waals surface area contributed by atoms with Gasteiger partial charge >= 0.3 is 0 Å². The van der Waals surface area contributed by atoms with Gasteiger partial charge in [0.25, 0.3) is 0 Å². The molecule has 1 fully saturated rings. The standard InChI is InChI=1S/C30H59NO20/c1-17(8-33)28(43-5-4-32)47-15-23(41)29(44-6-7-45-30(22(40)12-37)51-20(9-34)10-35)46-14-21(11-36)48-16-49-27-24(13-38)50-18(2)25(26(27)42)31-19(3)39/h17-18,20-30,32-38,40-42H,4-16H2,1-3H3,(H,31,39)/t17?,18-,21?,22?,23?,24?,25?,26?,27+,28+,29-,30-/m0/s1. The fraction of sp³-hybridized carbons (Fsp3) is 0.967. The number of amides is 1. The Morgan fingerprint density at radius 1 is 0.745 bits per heavy atom. The second-order valence-corrected chi connectivity index (χ2v) is 11.7. The lowest BCUT2D eigenvalue weighted by molar-refractivity contribution is -0.265. The highest BCUT2D eigenvalue weighted by Gasteiger charge is 2.44. The fourth-order valence-electron chi connectivity index (χ4n) is 4.66. The van der Waals surface area contributed by atoms with Gasteiger partial charge in [-0.1, -0.05) is 6.92 Å². The smallest absolute Gasteiger partial charge is 0.217 e. The average molecular weight is 754 g/mol. The first-order chi connectivity index (χ1) is 24.4. The van der Waals surface area contributed by atoms with Crippen molar-refractivity contribution < 1.29 is 98.5 Å². The molecule has 11 N–H and O–H groups in total. The maximum absolute atomic E-state index is 11.6. The molecule has 0 aliphatic carbocycles. The van der Waals surface area contributed by atoms with Crippen LogP contribution >= 0.6 is 0 Å². The van der Waals surface area contributed by atoms with Gasteiger partial charge < -0.3 is 99.0 Å². The summed E-state index contributed by atoms with van der Waals surface area (Å²) in [5.41, 5.74) is 0. The van der Waals surface area contributed by atoms with Crippen LogP contribution in [0.3, 0.4) is 0 Å². The Hall–Kier alpha value is -1.29. The van der Waals surface area contributed by atoms with Gasteiger partial charge in [0, 0.05) is 12.8 Å².